The van der Waals surface area contributed by atoms with E-state index in [0.717, 1.165) is 55.0 Å². The van der Waals surface area contributed by atoms with Crippen LogP contribution >= 0.6 is 6.04 Å². The first kappa shape index (κ1) is 24.4. The maximum absolute atomic E-state index is 6.38. The van der Waals surface area contributed by atoms with Crippen LogP contribution in [0.5, 0.6) is 17.2 Å². The first-order valence-electron chi connectivity index (χ1n) is 11.0. The van der Waals surface area contributed by atoms with Crippen molar-refractivity contribution in [3.63, 3.8) is 0 Å². The summed E-state index contributed by atoms with van der Waals surface area (Å²) in [7, 11) is 5.10. The summed E-state index contributed by atoms with van der Waals surface area (Å²) < 4.78 is 15.9. The van der Waals surface area contributed by atoms with Gasteiger partial charge in [-0.3, -0.25) is 0 Å². The van der Waals surface area contributed by atoms with Gasteiger partial charge >= 0.3 is 0 Å². The Kier molecular flexibility index (Phi) is 9.20. The number of methoxy groups -OCH3 is 3. The van der Waals surface area contributed by atoms with Crippen molar-refractivity contribution in [2.75, 3.05) is 39.8 Å². The van der Waals surface area contributed by atoms with Gasteiger partial charge in [-0.1, -0.05) is 48.2 Å². The van der Waals surface area contributed by atoms with E-state index in [-0.39, 0.29) is 0 Å². The van der Waals surface area contributed by atoms with E-state index in [0.29, 0.717) is 0 Å². The number of benzene rings is 3. The zero-order valence-electron chi connectivity index (χ0n) is 19.3. The Morgan fingerprint density at radius 1 is 0.500 bits per heavy atom. The molecule has 0 aliphatic carbocycles. The van der Waals surface area contributed by atoms with Gasteiger partial charge in [0, 0.05) is 0 Å². The van der Waals surface area contributed by atoms with Crippen LogP contribution in [0.15, 0.2) is 72.8 Å². The molecule has 0 saturated carbocycles. The minimum Gasteiger partial charge on any atom is -0.497 e. The molecule has 0 bridgehead atoms. The monoisotopic (exact) mass is 468 g/mol. The lowest BCUT2D eigenvalue weighted by Gasteiger charge is -2.23. The van der Waals surface area contributed by atoms with E-state index in [1.807, 2.05) is 36.4 Å². The summed E-state index contributed by atoms with van der Waals surface area (Å²) in [6.45, 7) is 0. The lowest BCUT2D eigenvalue weighted by atomic mass is 10.2. The fourth-order valence-electron chi connectivity index (χ4n) is 3.71. The van der Waals surface area contributed by atoms with Gasteiger partial charge in [-0.05, 0) is 96.9 Å². The van der Waals surface area contributed by atoms with E-state index in [1.54, 1.807) is 21.3 Å². The largest absolute Gasteiger partial charge is 0.497 e. The van der Waals surface area contributed by atoms with Crippen LogP contribution in [0.1, 0.15) is 16.7 Å². The molecule has 0 radical (unpaired) electrons. The first-order chi connectivity index (χ1) is 15.5. The molecule has 3 aromatic carbocycles. The van der Waals surface area contributed by atoms with Gasteiger partial charge in [0.2, 0.25) is 0 Å². The summed E-state index contributed by atoms with van der Waals surface area (Å²) in [5.41, 5.74) is 3.98. The van der Waals surface area contributed by atoms with Crippen LogP contribution in [-0.2, 0) is 31.1 Å². The van der Waals surface area contributed by atoms with Crippen molar-refractivity contribution in [2.24, 2.45) is 0 Å². The van der Waals surface area contributed by atoms with E-state index >= 15 is 0 Å². The Morgan fingerprint density at radius 3 is 0.969 bits per heavy atom. The van der Waals surface area contributed by atoms with E-state index in [9.17, 15) is 0 Å². The average Bonchev–Trinajstić information content (AvgIpc) is 2.86. The molecule has 3 rings (SSSR count). The molecule has 0 unspecified atom stereocenters. The molecular formula is C27H33O3PS. The molecule has 0 saturated heterocycles. The van der Waals surface area contributed by atoms with Gasteiger partial charge in [-0.2, -0.15) is 0 Å². The van der Waals surface area contributed by atoms with Crippen molar-refractivity contribution in [1.29, 1.82) is 0 Å². The predicted molar refractivity (Wildman–Crippen MR) is 139 cm³/mol. The van der Waals surface area contributed by atoms with Crippen molar-refractivity contribution in [2.45, 2.75) is 19.3 Å². The Morgan fingerprint density at radius 2 is 0.750 bits per heavy atom. The summed E-state index contributed by atoms with van der Waals surface area (Å²) in [6, 6.07) is 23.6. The second-order valence-corrected chi connectivity index (χ2v) is 13.8. The molecule has 0 amide bonds. The fraction of sp³-hybridized carbons (Fsp3) is 0.333. The summed E-state index contributed by atoms with van der Waals surface area (Å²) >= 11 is 6.38. The van der Waals surface area contributed by atoms with Crippen molar-refractivity contribution in [1.82, 2.24) is 0 Å². The molecule has 0 fully saturated rings. The van der Waals surface area contributed by atoms with Gasteiger partial charge in [-0.15, -0.1) is 0 Å². The third-order valence-electron chi connectivity index (χ3n) is 5.90. The standard InChI is InChI=1S/C27H33O3PS/c1-28-25-10-4-22(5-11-25)16-19-31(32,20-17-23-6-12-26(29-2)13-7-23)21-18-24-8-14-27(30-3)15-9-24/h4-15H,16-21H2,1-3H3. The van der Waals surface area contributed by atoms with Crippen molar-refractivity contribution >= 4 is 17.8 Å². The molecule has 3 nitrogen and oxygen atoms in total. The van der Waals surface area contributed by atoms with Gasteiger partial charge in [0.15, 0.2) is 0 Å². The number of ether oxygens (including phenoxy) is 3. The minimum atomic E-state index is -1.53. The van der Waals surface area contributed by atoms with Crippen LogP contribution in [0, 0.1) is 0 Å². The van der Waals surface area contributed by atoms with Crippen LogP contribution in [0.2, 0.25) is 0 Å². The van der Waals surface area contributed by atoms with E-state index in [2.05, 4.69) is 36.4 Å². The predicted octanol–water partition coefficient (Wildman–Crippen LogP) is 6.22. The molecular weight excluding hydrogens is 435 g/mol. The van der Waals surface area contributed by atoms with Crippen LogP contribution in [0.25, 0.3) is 0 Å². The molecule has 5 heteroatoms. The van der Waals surface area contributed by atoms with Crippen molar-refractivity contribution in [3.05, 3.63) is 89.5 Å². The fourth-order valence-corrected chi connectivity index (χ4v) is 7.20. The minimum absolute atomic E-state index is 0.896. The number of hydrogen-bond donors (Lipinski definition) is 0. The van der Waals surface area contributed by atoms with Crippen LogP contribution in [0.3, 0.4) is 0 Å². The molecule has 3 aromatic rings. The quantitative estimate of drug-likeness (QED) is 0.295. The Hall–Kier alpha value is -2.29. The molecule has 0 N–H and O–H groups in total. The highest BCUT2D eigenvalue weighted by atomic mass is 32.4. The molecule has 0 aliphatic heterocycles. The molecule has 0 aromatic heterocycles. The van der Waals surface area contributed by atoms with E-state index < -0.39 is 6.04 Å². The van der Waals surface area contributed by atoms with Crippen LogP contribution in [-0.4, -0.2) is 39.8 Å². The zero-order valence-corrected chi connectivity index (χ0v) is 21.0. The highest BCUT2D eigenvalue weighted by Crippen LogP contribution is 2.47. The van der Waals surface area contributed by atoms with Crippen LogP contribution in [0.4, 0.5) is 0 Å². The molecule has 32 heavy (non-hydrogen) atoms. The highest BCUT2D eigenvalue weighted by Gasteiger charge is 2.18. The van der Waals surface area contributed by atoms with Crippen molar-refractivity contribution < 1.29 is 14.2 Å². The lowest BCUT2D eigenvalue weighted by molar-refractivity contribution is 0.414. The Balaban J connectivity index is 1.67. The third-order valence-corrected chi connectivity index (χ3v) is 10.7. The number of hydrogen-bond acceptors (Lipinski definition) is 4. The average molecular weight is 469 g/mol. The van der Waals surface area contributed by atoms with Gasteiger partial charge < -0.3 is 14.2 Å². The lowest BCUT2D eigenvalue weighted by Crippen LogP contribution is -2.07. The van der Waals surface area contributed by atoms with Crippen molar-refractivity contribution in [3.8, 4) is 17.2 Å². The Labute approximate surface area is 197 Å². The Bertz CT molecular complexity index is 867. The maximum atomic E-state index is 6.38. The van der Waals surface area contributed by atoms with Gasteiger partial charge in [-0.25, -0.2) is 0 Å². The molecule has 170 valence electrons. The second kappa shape index (κ2) is 12.1. The normalized spacial score (nSPS) is 11.2. The third kappa shape index (κ3) is 7.39. The van der Waals surface area contributed by atoms with Gasteiger partial charge in [0.25, 0.3) is 0 Å². The second-order valence-electron chi connectivity index (χ2n) is 8.02. The molecule has 0 spiro atoms. The van der Waals surface area contributed by atoms with E-state index in [4.69, 9.17) is 26.0 Å². The summed E-state index contributed by atoms with van der Waals surface area (Å²) in [5.74, 6) is 2.69. The van der Waals surface area contributed by atoms with Gasteiger partial charge in [0.1, 0.15) is 17.2 Å². The summed E-state index contributed by atoms with van der Waals surface area (Å²) in [6.07, 6.45) is 6.31. The summed E-state index contributed by atoms with van der Waals surface area (Å²) in [5, 5.41) is 0. The van der Waals surface area contributed by atoms with Gasteiger partial charge in [0.05, 0.1) is 21.3 Å². The number of rotatable bonds is 12. The SMILES string of the molecule is COc1ccc(CCP(=S)(CCc2ccc(OC)cc2)CCc2ccc(OC)cc2)cc1. The highest BCUT2D eigenvalue weighted by molar-refractivity contribution is 8.14. The first-order valence-corrected chi connectivity index (χ1v) is 14.4. The molecule has 0 aliphatic rings. The topological polar surface area (TPSA) is 27.7 Å². The van der Waals surface area contributed by atoms with E-state index in [1.165, 1.54) is 16.7 Å². The maximum Gasteiger partial charge on any atom is 0.118 e. The zero-order chi connectivity index (χ0) is 22.8. The number of aryl methyl sites for hydroxylation is 3. The van der Waals surface area contributed by atoms with Crippen LogP contribution < -0.4 is 14.2 Å². The summed E-state index contributed by atoms with van der Waals surface area (Å²) in [4.78, 5) is 0. The molecule has 0 heterocycles. The molecule has 0 atom stereocenters. The smallest absolute Gasteiger partial charge is 0.118 e.